The Labute approximate surface area is 88.3 Å². The van der Waals surface area contributed by atoms with Gasteiger partial charge >= 0.3 is 0 Å². The van der Waals surface area contributed by atoms with Gasteiger partial charge in [-0.05, 0) is 31.9 Å². The average Bonchev–Trinajstić information content (AvgIpc) is 2.15. The molecule has 1 fully saturated rings. The third-order valence-electron chi connectivity index (χ3n) is 2.61. The number of aliphatic hydroxyl groups is 1. The fourth-order valence-corrected chi connectivity index (χ4v) is 1.66. The Balaban J connectivity index is 1.96. The molecule has 1 heterocycles. The molecule has 1 saturated carbocycles. The van der Waals surface area contributed by atoms with Gasteiger partial charge in [0.25, 0.3) is 5.91 Å². The number of nitrogens with zero attached hydrogens (tertiary/aromatic N) is 1. The molecule has 0 aromatic carbocycles. The Kier molecular flexibility index (Phi) is 2.68. The number of nitrogens with one attached hydrogen (secondary N) is 1. The van der Waals surface area contributed by atoms with E-state index in [1.165, 1.54) is 0 Å². The number of hydrogen-bond acceptors (Lipinski definition) is 3. The molecule has 1 aliphatic carbocycles. The third-order valence-corrected chi connectivity index (χ3v) is 2.61. The minimum atomic E-state index is -0.241. The van der Waals surface area contributed by atoms with Gasteiger partial charge in [0, 0.05) is 23.5 Å². The molecular weight excluding hydrogens is 192 g/mol. The predicted octanol–water partition coefficient (Wildman–Crippen LogP) is 0.643. The molecule has 1 aliphatic rings. The van der Waals surface area contributed by atoms with Crippen LogP contribution in [0, 0.1) is 6.92 Å². The first-order valence-electron chi connectivity index (χ1n) is 5.07. The fourth-order valence-electron chi connectivity index (χ4n) is 1.66. The number of aromatic nitrogens is 1. The summed E-state index contributed by atoms with van der Waals surface area (Å²) in [5, 5.41) is 11.9. The van der Waals surface area contributed by atoms with E-state index < -0.39 is 0 Å². The molecular formula is C11H14N2O2. The Bertz CT molecular complexity index is 373. The highest BCUT2D eigenvalue weighted by atomic mass is 16.3. The topological polar surface area (TPSA) is 62.2 Å². The van der Waals surface area contributed by atoms with Gasteiger partial charge in [0.05, 0.1) is 6.10 Å². The first-order valence-corrected chi connectivity index (χ1v) is 5.07. The summed E-state index contributed by atoms with van der Waals surface area (Å²) < 4.78 is 0. The van der Waals surface area contributed by atoms with E-state index in [2.05, 4.69) is 10.3 Å². The summed E-state index contributed by atoms with van der Waals surface area (Å²) in [6.07, 6.45) is 2.71. The van der Waals surface area contributed by atoms with Crippen LogP contribution in [-0.2, 0) is 0 Å². The van der Waals surface area contributed by atoms with E-state index in [4.69, 9.17) is 5.11 Å². The largest absolute Gasteiger partial charge is 0.393 e. The maximum atomic E-state index is 11.7. The molecule has 0 saturated heterocycles. The second kappa shape index (κ2) is 3.98. The minimum Gasteiger partial charge on any atom is -0.393 e. The molecule has 0 radical (unpaired) electrons. The zero-order valence-corrected chi connectivity index (χ0v) is 8.60. The number of amides is 1. The molecule has 2 N–H and O–H groups in total. The van der Waals surface area contributed by atoms with E-state index in [0.29, 0.717) is 18.4 Å². The van der Waals surface area contributed by atoms with Crippen molar-refractivity contribution in [1.82, 2.24) is 10.3 Å². The molecule has 0 unspecified atom stereocenters. The standard InChI is InChI=1S/C11H14N2O2/c1-7-4-8(2-3-12-7)11(15)13-9-5-10(14)6-9/h2-4,9-10,14H,5-6H2,1H3,(H,13,15). The maximum Gasteiger partial charge on any atom is 0.251 e. The van der Waals surface area contributed by atoms with Crippen LogP contribution in [0.5, 0.6) is 0 Å². The smallest absolute Gasteiger partial charge is 0.251 e. The average molecular weight is 206 g/mol. The number of aliphatic hydroxyl groups excluding tert-OH is 1. The summed E-state index contributed by atoms with van der Waals surface area (Å²) in [7, 11) is 0. The molecule has 2 rings (SSSR count). The van der Waals surface area contributed by atoms with Crippen molar-refractivity contribution in [3.63, 3.8) is 0 Å². The Morgan fingerprint density at radius 3 is 2.93 bits per heavy atom. The monoisotopic (exact) mass is 206 g/mol. The number of aryl methyl sites for hydroxylation is 1. The Morgan fingerprint density at radius 2 is 2.33 bits per heavy atom. The summed E-state index contributed by atoms with van der Waals surface area (Å²) in [4.78, 5) is 15.7. The van der Waals surface area contributed by atoms with Gasteiger partial charge in [0.2, 0.25) is 0 Å². The molecule has 1 aromatic rings. The van der Waals surface area contributed by atoms with Crippen LogP contribution in [0.15, 0.2) is 18.3 Å². The highest BCUT2D eigenvalue weighted by molar-refractivity contribution is 5.94. The lowest BCUT2D eigenvalue weighted by Crippen LogP contribution is -2.46. The Hall–Kier alpha value is -1.42. The normalized spacial score (nSPS) is 24.4. The summed E-state index contributed by atoms with van der Waals surface area (Å²) in [5.41, 5.74) is 1.46. The van der Waals surface area contributed by atoms with Gasteiger partial charge in [0.15, 0.2) is 0 Å². The van der Waals surface area contributed by atoms with E-state index >= 15 is 0 Å². The molecule has 1 amide bonds. The lowest BCUT2D eigenvalue weighted by molar-refractivity contribution is 0.0562. The van der Waals surface area contributed by atoms with E-state index in [9.17, 15) is 4.79 Å². The third kappa shape index (κ3) is 2.33. The van der Waals surface area contributed by atoms with Crippen LogP contribution in [0.2, 0.25) is 0 Å². The van der Waals surface area contributed by atoms with Crippen molar-refractivity contribution >= 4 is 5.91 Å². The molecule has 0 spiro atoms. The quantitative estimate of drug-likeness (QED) is 0.746. The van der Waals surface area contributed by atoms with Crippen LogP contribution in [0.3, 0.4) is 0 Å². The molecule has 4 nitrogen and oxygen atoms in total. The van der Waals surface area contributed by atoms with Crippen molar-refractivity contribution in [2.45, 2.75) is 31.9 Å². The zero-order chi connectivity index (χ0) is 10.8. The molecule has 15 heavy (non-hydrogen) atoms. The predicted molar refractivity (Wildman–Crippen MR) is 55.5 cm³/mol. The van der Waals surface area contributed by atoms with Crippen molar-refractivity contribution in [2.24, 2.45) is 0 Å². The van der Waals surface area contributed by atoms with Crippen molar-refractivity contribution in [1.29, 1.82) is 0 Å². The molecule has 4 heteroatoms. The van der Waals surface area contributed by atoms with Gasteiger partial charge in [-0.2, -0.15) is 0 Å². The summed E-state index contributed by atoms with van der Waals surface area (Å²) in [6, 6.07) is 3.57. The van der Waals surface area contributed by atoms with Crippen molar-refractivity contribution in [2.75, 3.05) is 0 Å². The highest BCUT2D eigenvalue weighted by Gasteiger charge is 2.28. The van der Waals surface area contributed by atoms with E-state index in [-0.39, 0.29) is 18.1 Å². The van der Waals surface area contributed by atoms with Gasteiger partial charge < -0.3 is 10.4 Å². The second-order valence-corrected chi connectivity index (χ2v) is 3.98. The number of rotatable bonds is 2. The summed E-state index contributed by atoms with van der Waals surface area (Å²) in [6.45, 7) is 1.85. The lowest BCUT2D eigenvalue weighted by atomic mass is 9.89. The van der Waals surface area contributed by atoms with Crippen LogP contribution in [0.25, 0.3) is 0 Å². The molecule has 80 valence electrons. The van der Waals surface area contributed by atoms with Crippen LogP contribution in [0.1, 0.15) is 28.9 Å². The van der Waals surface area contributed by atoms with E-state index in [1.54, 1.807) is 18.3 Å². The van der Waals surface area contributed by atoms with Crippen LogP contribution >= 0.6 is 0 Å². The van der Waals surface area contributed by atoms with Crippen molar-refractivity contribution in [3.8, 4) is 0 Å². The van der Waals surface area contributed by atoms with E-state index in [0.717, 1.165) is 5.69 Å². The van der Waals surface area contributed by atoms with Crippen LogP contribution in [0.4, 0.5) is 0 Å². The van der Waals surface area contributed by atoms with Crippen LogP contribution in [-0.4, -0.2) is 28.1 Å². The molecule has 1 aromatic heterocycles. The number of carbonyl (C=O) groups excluding carboxylic acids is 1. The van der Waals surface area contributed by atoms with Gasteiger partial charge in [-0.3, -0.25) is 9.78 Å². The highest BCUT2D eigenvalue weighted by Crippen LogP contribution is 2.19. The first kappa shape index (κ1) is 10.1. The minimum absolute atomic E-state index is 0.0857. The van der Waals surface area contributed by atoms with Gasteiger partial charge in [-0.1, -0.05) is 0 Å². The SMILES string of the molecule is Cc1cc(C(=O)NC2CC(O)C2)ccn1. The lowest BCUT2D eigenvalue weighted by Gasteiger charge is -2.31. The Morgan fingerprint density at radius 1 is 1.60 bits per heavy atom. The fraction of sp³-hybridized carbons (Fsp3) is 0.455. The second-order valence-electron chi connectivity index (χ2n) is 3.98. The van der Waals surface area contributed by atoms with E-state index in [1.807, 2.05) is 6.92 Å². The molecule has 0 aliphatic heterocycles. The van der Waals surface area contributed by atoms with Crippen LogP contribution < -0.4 is 5.32 Å². The molecule has 0 atom stereocenters. The van der Waals surface area contributed by atoms with Gasteiger partial charge in [-0.25, -0.2) is 0 Å². The van der Waals surface area contributed by atoms with Gasteiger partial charge in [-0.15, -0.1) is 0 Å². The number of pyridine rings is 1. The van der Waals surface area contributed by atoms with Crippen molar-refractivity contribution < 1.29 is 9.90 Å². The number of hydrogen-bond donors (Lipinski definition) is 2. The van der Waals surface area contributed by atoms with Gasteiger partial charge in [0.1, 0.15) is 0 Å². The zero-order valence-electron chi connectivity index (χ0n) is 8.60. The first-order chi connectivity index (χ1) is 7.15. The summed E-state index contributed by atoms with van der Waals surface area (Å²) in [5.74, 6) is -0.0857. The number of carbonyl (C=O) groups is 1. The van der Waals surface area contributed by atoms with Crippen molar-refractivity contribution in [3.05, 3.63) is 29.6 Å². The summed E-state index contributed by atoms with van der Waals surface area (Å²) >= 11 is 0. The maximum absolute atomic E-state index is 11.7. The molecule has 0 bridgehead atoms.